The van der Waals surface area contributed by atoms with Crippen molar-refractivity contribution in [2.24, 2.45) is 0 Å². The van der Waals surface area contributed by atoms with Crippen molar-refractivity contribution < 1.29 is 0 Å². The topological polar surface area (TPSA) is 57.4 Å². The molecule has 1 unspecified atom stereocenters. The summed E-state index contributed by atoms with van der Waals surface area (Å²) in [5.74, 6) is 7.25. The van der Waals surface area contributed by atoms with Crippen LogP contribution in [0.2, 0.25) is 0 Å². The van der Waals surface area contributed by atoms with Crippen LogP contribution in [0.5, 0.6) is 0 Å². The molecule has 0 N–H and O–H groups in total. The summed E-state index contributed by atoms with van der Waals surface area (Å²) in [5.41, 5.74) is 10.3. The van der Waals surface area contributed by atoms with Gasteiger partial charge >= 0.3 is 0 Å². The predicted octanol–water partition coefficient (Wildman–Crippen LogP) is 11.0. The van der Waals surface area contributed by atoms with E-state index in [2.05, 4.69) is 125 Å². The Morgan fingerprint density at radius 1 is 0.760 bits per heavy atom. The van der Waals surface area contributed by atoms with Crippen molar-refractivity contribution in [1.29, 1.82) is 10.5 Å². The van der Waals surface area contributed by atoms with Crippen LogP contribution in [0.25, 0.3) is 75.4 Å². The third-order valence-electron chi connectivity index (χ3n) is 10.1. The molecule has 0 spiro atoms. The van der Waals surface area contributed by atoms with Crippen LogP contribution in [0.4, 0.5) is 0 Å². The van der Waals surface area contributed by atoms with Crippen LogP contribution >= 0.6 is 11.3 Å². The lowest BCUT2D eigenvalue weighted by molar-refractivity contribution is 0.787. The molecule has 3 aromatic heterocycles. The lowest BCUT2D eigenvalue weighted by Crippen LogP contribution is -2.03. The third-order valence-corrected chi connectivity index (χ3v) is 11.3. The molecule has 0 bridgehead atoms. The minimum Gasteiger partial charge on any atom is -0.308 e. The number of fused-ring (bicyclic) bond motifs is 10. The van der Waals surface area contributed by atoms with Gasteiger partial charge in [0.25, 0.3) is 0 Å². The van der Waals surface area contributed by atoms with Gasteiger partial charge < -0.3 is 9.13 Å². The van der Waals surface area contributed by atoms with Gasteiger partial charge in [-0.3, -0.25) is 0 Å². The van der Waals surface area contributed by atoms with Crippen LogP contribution < -0.4 is 0 Å². The molecule has 9 aromatic rings. The first kappa shape index (κ1) is 28.3. The number of hydrogen-bond acceptors (Lipinski definition) is 3. The van der Waals surface area contributed by atoms with Crippen molar-refractivity contribution in [3.05, 3.63) is 144 Å². The molecule has 1 aliphatic carbocycles. The Hall–Kier alpha value is -6.76. The molecule has 0 saturated carbocycles. The van der Waals surface area contributed by atoms with Gasteiger partial charge in [-0.15, -0.1) is 11.3 Å². The van der Waals surface area contributed by atoms with Crippen molar-refractivity contribution in [1.82, 2.24) is 9.13 Å². The van der Waals surface area contributed by atoms with Gasteiger partial charge in [-0.2, -0.15) is 10.5 Å². The van der Waals surface area contributed by atoms with Gasteiger partial charge in [0.1, 0.15) is 17.3 Å². The van der Waals surface area contributed by atoms with E-state index in [1.807, 2.05) is 47.7 Å². The van der Waals surface area contributed by atoms with E-state index in [9.17, 15) is 10.5 Å². The lowest BCUT2D eigenvalue weighted by atomic mass is 9.92. The molecule has 50 heavy (non-hydrogen) atoms. The molecule has 0 amide bonds. The molecule has 230 valence electrons. The SMILES string of the molecule is CC1CC#Cc2c1c1ccc3c4cc(-c5c(C#N)c#ccc5-n5c6ccccc6c6cc(C#N)ccc65)ccc4sc3c1n2-c1ccccc1. The van der Waals surface area contributed by atoms with Crippen LogP contribution in [-0.4, -0.2) is 9.13 Å². The summed E-state index contributed by atoms with van der Waals surface area (Å²) >= 11 is 1.81. The Bertz CT molecular complexity index is 3060. The van der Waals surface area contributed by atoms with Crippen molar-refractivity contribution in [3.8, 4) is 46.5 Å². The van der Waals surface area contributed by atoms with Gasteiger partial charge in [-0.1, -0.05) is 79.6 Å². The van der Waals surface area contributed by atoms with E-state index in [0.29, 0.717) is 17.0 Å². The summed E-state index contributed by atoms with van der Waals surface area (Å²) in [4.78, 5) is 0. The summed E-state index contributed by atoms with van der Waals surface area (Å²) in [6, 6.07) is 48.5. The first-order valence-electron chi connectivity index (χ1n) is 16.5. The first-order valence-corrected chi connectivity index (χ1v) is 17.3. The summed E-state index contributed by atoms with van der Waals surface area (Å²) < 4.78 is 6.96. The minimum absolute atomic E-state index is 0.346. The summed E-state index contributed by atoms with van der Waals surface area (Å²) in [7, 11) is 0. The van der Waals surface area contributed by atoms with Crippen molar-refractivity contribution in [2.75, 3.05) is 0 Å². The molecule has 1 aliphatic rings. The average molecular weight is 653 g/mol. The second-order valence-corrected chi connectivity index (χ2v) is 13.9. The highest BCUT2D eigenvalue weighted by Crippen LogP contribution is 2.46. The first-order chi connectivity index (χ1) is 24.6. The third kappa shape index (κ3) is 3.88. The van der Waals surface area contributed by atoms with E-state index in [1.165, 1.54) is 31.3 Å². The van der Waals surface area contributed by atoms with Crippen molar-refractivity contribution >= 4 is 64.2 Å². The standard InChI is InChI=1S/C45H24N4S/c1-27-9-7-15-39-42(27)34-20-19-33-36-24-29(18-22-41(36)50-45(33)44(34)48(39)31-11-3-2-4-12-31)43-30(26-47)10-8-16-40(43)49-37-14-6-5-13-32(37)35-23-28(25-46)17-21-38(35)49/h2-6,11-14,16-24,27H,9H2,1H3. The fourth-order valence-corrected chi connectivity index (χ4v) is 9.14. The Kier molecular flexibility index (Phi) is 6.01. The highest BCUT2D eigenvalue weighted by molar-refractivity contribution is 7.26. The van der Waals surface area contributed by atoms with E-state index in [-0.39, 0.29) is 0 Å². The van der Waals surface area contributed by atoms with E-state index in [1.54, 1.807) is 0 Å². The molecule has 1 atom stereocenters. The number of benzene rings is 5. The Morgan fingerprint density at radius 3 is 2.44 bits per heavy atom. The van der Waals surface area contributed by atoms with Crippen LogP contribution in [0, 0.1) is 46.6 Å². The van der Waals surface area contributed by atoms with E-state index in [0.717, 1.165) is 61.8 Å². The number of hydrogen-bond donors (Lipinski definition) is 0. The highest BCUT2D eigenvalue weighted by atomic mass is 32.1. The van der Waals surface area contributed by atoms with Crippen LogP contribution in [0.1, 0.15) is 41.6 Å². The molecule has 5 heteroatoms. The Balaban J connectivity index is 1.26. The predicted molar refractivity (Wildman–Crippen MR) is 203 cm³/mol. The molecule has 0 radical (unpaired) electrons. The van der Waals surface area contributed by atoms with Gasteiger partial charge in [0.15, 0.2) is 0 Å². The maximum Gasteiger partial charge on any atom is 0.112 e. The zero-order valence-electron chi connectivity index (χ0n) is 26.9. The molecular weight excluding hydrogens is 629 g/mol. The van der Waals surface area contributed by atoms with Gasteiger partial charge in [0, 0.05) is 55.4 Å². The smallest absolute Gasteiger partial charge is 0.112 e. The minimum atomic E-state index is 0.346. The number of nitrogens with zero attached hydrogens (tertiary/aromatic N) is 4. The zero-order chi connectivity index (χ0) is 33.5. The molecule has 0 saturated heterocycles. The van der Waals surface area contributed by atoms with Gasteiger partial charge in [-0.05, 0) is 71.5 Å². The fourth-order valence-electron chi connectivity index (χ4n) is 7.92. The van der Waals surface area contributed by atoms with Crippen LogP contribution in [0.3, 0.4) is 0 Å². The second kappa shape index (κ2) is 10.6. The number of rotatable bonds is 3. The molecular formula is C45H24N4S. The summed E-state index contributed by atoms with van der Waals surface area (Å²) in [6.07, 6.45) is 0.856. The van der Waals surface area contributed by atoms with Crippen LogP contribution in [0.15, 0.2) is 109 Å². The van der Waals surface area contributed by atoms with E-state index in [4.69, 9.17) is 0 Å². The lowest BCUT2D eigenvalue weighted by Gasteiger charge is -2.14. The van der Waals surface area contributed by atoms with E-state index < -0.39 is 0 Å². The molecule has 4 nitrogen and oxygen atoms in total. The summed E-state index contributed by atoms with van der Waals surface area (Å²) in [6.45, 7) is 2.28. The molecule has 10 rings (SSSR count). The van der Waals surface area contributed by atoms with Gasteiger partial charge in [0.2, 0.25) is 0 Å². The quantitative estimate of drug-likeness (QED) is 0.178. The average Bonchev–Trinajstić information content (AvgIpc) is 3.82. The number of para-hydroxylation sites is 2. The molecule has 6 aromatic carbocycles. The number of nitriles is 2. The Labute approximate surface area is 292 Å². The largest absolute Gasteiger partial charge is 0.308 e. The molecule has 0 fully saturated rings. The number of aromatic nitrogens is 2. The summed E-state index contributed by atoms with van der Waals surface area (Å²) in [5, 5.41) is 25.7. The van der Waals surface area contributed by atoms with Gasteiger partial charge in [-0.25, -0.2) is 0 Å². The maximum absolute atomic E-state index is 10.4. The van der Waals surface area contributed by atoms with E-state index >= 15 is 0 Å². The maximum atomic E-state index is 10.4. The monoisotopic (exact) mass is 652 g/mol. The van der Waals surface area contributed by atoms with Crippen molar-refractivity contribution in [3.63, 3.8) is 0 Å². The van der Waals surface area contributed by atoms with Crippen molar-refractivity contribution in [2.45, 2.75) is 19.3 Å². The normalized spacial score (nSPS) is 13.6. The fraction of sp³-hybridized carbons (Fsp3) is 0.0667. The Morgan fingerprint density at radius 2 is 1.58 bits per heavy atom. The molecule has 3 heterocycles. The highest BCUT2D eigenvalue weighted by Gasteiger charge is 2.26. The number of thiophene rings is 1. The zero-order valence-corrected chi connectivity index (χ0v) is 27.7. The van der Waals surface area contributed by atoms with Gasteiger partial charge in [0.05, 0.1) is 38.6 Å². The van der Waals surface area contributed by atoms with Crippen LogP contribution in [-0.2, 0) is 0 Å². The molecule has 0 aliphatic heterocycles. The second-order valence-electron chi connectivity index (χ2n) is 12.8.